The smallest absolute Gasteiger partial charge is 0.416 e. The lowest BCUT2D eigenvalue weighted by Crippen LogP contribution is -2.44. The minimum Gasteiger partial charge on any atom is -0.481 e. The molecule has 0 radical (unpaired) electrons. The molecule has 0 aliphatic heterocycles. The van der Waals surface area contributed by atoms with Crippen LogP contribution in [-0.2, 0) is 15.8 Å². The molecule has 2 aromatic carbocycles. The molecule has 2 unspecified atom stereocenters. The predicted octanol–water partition coefficient (Wildman–Crippen LogP) is 7.12. The molecule has 1 saturated carbocycles. The lowest BCUT2D eigenvalue weighted by Gasteiger charge is -2.20. The molecule has 6 nitrogen and oxygen atoms in total. The fraction of sp³-hybridized carbons (Fsp3) is 0.423. The highest BCUT2D eigenvalue weighted by molar-refractivity contribution is 6.32. The zero-order valence-corrected chi connectivity index (χ0v) is 21.4. The Morgan fingerprint density at radius 1 is 1.03 bits per heavy atom. The number of halogens is 5. The lowest BCUT2D eigenvalue weighted by atomic mass is 9.99. The minimum atomic E-state index is -4.56. The highest BCUT2D eigenvalue weighted by atomic mass is 35.5. The molecular formula is C26H25Cl2F3N2O4. The van der Waals surface area contributed by atoms with E-state index in [0.717, 1.165) is 56.7 Å². The van der Waals surface area contributed by atoms with Crippen molar-refractivity contribution < 1.29 is 32.2 Å². The molecule has 0 aromatic heterocycles. The van der Waals surface area contributed by atoms with E-state index in [1.54, 1.807) is 6.07 Å². The quantitative estimate of drug-likeness (QED) is 0.276. The van der Waals surface area contributed by atoms with Crippen LogP contribution in [0.25, 0.3) is 0 Å². The van der Waals surface area contributed by atoms with Crippen LogP contribution in [-0.4, -0.2) is 23.8 Å². The molecule has 1 amide bonds. The molecule has 2 atom stereocenters. The Morgan fingerprint density at radius 2 is 1.70 bits per heavy atom. The summed E-state index contributed by atoms with van der Waals surface area (Å²) in [6.07, 6.45) is -0.0230. The summed E-state index contributed by atoms with van der Waals surface area (Å²) in [6.45, 7) is 1.39. The van der Waals surface area contributed by atoms with Crippen molar-refractivity contribution in [3.63, 3.8) is 0 Å². The Bertz CT molecular complexity index is 1180. The maximum atomic E-state index is 12.9. The van der Waals surface area contributed by atoms with Gasteiger partial charge in [-0.1, -0.05) is 48.9 Å². The van der Waals surface area contributed by atoms with E-state index in [4.69, 9.17) is 32.7 Å². The number of rotatable bonds is 8. The molecule has 1 fully saturated rings. The van der Waals surface area contributed by atoms with Crippen LogP contribution in [0, 0.1) is 17.2 Å². The van der Waals surface area contributed by atoms with Crippen LogP contribution < -0.4 is 14.8 Å². The molecule has 1 N–H and O–H groups in total. The third-order valence-corrected chi connectivity index (χ3v) is 6.58. The number of benzene rings is 2. The number of hydrogen-bond donors (Lipinski definition) is 1. The van der Waals surface area contributed by atoms with Gasteiger partial charge in [-0.15, -0.1) is 0 Å². The van der Waals surface area contributed by atoms with Gasteiger partial charge in [0.05, 0.1) is 21.7 Å². The van der Waals surface area contributed by atoms with E-state index in [-0.39, 0.29) is 33.3 Å². The van der Waals surface area contributed by atoms with Crippen molar-refractivity contribution >= 4 is 34.9 Å². The lowest BCUT2D eigenvalue weighted by molar-refractivity contribution is -0.138. The monoisotopic (exact) mass is 556 g/mol. The minimum absolute atomic E-state index is 0.0175. The highest BCUT2D eigenvalue weighted by Crippen LogP contribution is 2.38. The number of amides is 1. The van der Waals surface area contributed by atoms with E-state index >= 15 is 0 Å². The second-order valence-corrected chi connectivity index (χ2v) is 9.57. The Hall–Kier alpha value is -2.96. The van der Waals surface area contributed by atoms with Crippen molar-refractivity contribution in [1.82, 2.24) is 5.32 Å². The molecule has 1 aliphatic carbocycles. The average Bonchev–Trinajstić information content (AvgIpc) is 3.10. The summed E-state index contributed by atoms with van der Waals surface area (Å²) in [6, 6.07) is 8.51. The van der Waals surface area contributed by atoms with Crippen molar-refractivity contribution in [1.29, 1.82) is 5.26 Å². The Morgan fingerprint density at radius 3 is 2.30 bits per heavy atom. The van der Waals surface area contributed by atoms with Crippen LogP contribution in [0.2, 0.25) is 10.0 Å². The summed E-state index contributed by atoms with van der Waals surface area (Å²) < 4.78 is 49.8. The first-order chi connectivity index (χ1) is 17.5. The fourth-order valence-corrected chi connectivity index (χ4v) is 4.35. The van der Waals surface area contributed by atoms with Crippen LogP contribution in [0.4, 0.5) is 13.2 Å². The van der Waals surface area contributed by atoms with Gasteiger partial charge in [0.1, 0.15) is 17.2 Å². The van der Waals surface area contributed by atoms with Crippen molar-refractivity contribution in [2.24, 2.45) is 5.92 Å². The Kier molecular flexibility index (Phi) is 9.68. The second kappa shape index (κ2) is 12.5. The van der Waals surface area contributed by atoms with Gasteiger partial charge in [0.2, 0.25) is 5.91 Å². The Labute approximate surface area is 222 Å². The molecule has 0 saturated heterocycles. The molecule has 1 aliphatic rings. The molecule has 11 heteroatoms. The SMILES string of the molecule is CC(Oc1cc(Oc2ccc(C(F)(F)F)cc2Cl)ccc1Cl)C(=O)C(C#N)C(=O)NC1CCCCCC1. The number of ether oxygens (including phenoxy) is 2. The summed E-state index contributed by atoms with van der Waals surface area (Å²) >= 11 is 12.1. The summed E-state index contributed by atoms with van der Waals surface area (Å²) in [7, 11) is 0. The topological polar surface area (TPSA) is 88.4 Å². The van der Waals surface area contributed by atoms with Crippen LogP contribution in [0.5, 0.6) is 17.2 Å². The number of nitrogens with zero attached hydrogens (tertiary/aromatic N) is 1. The molecule has 0 spiro atoms. The van der Waals surface area contributed by atoms with E-state index in [1.165, 1.54) is 25.1 Å². The first-order valence-corrected chi connectivity index (χ1v) is 12.5. The van der Waals surface area contributed by atoms with E-state index in [1.807, 2.05) is 0 Å². The number of nitriles is 1. The summed E-state index contributed by atoms with van der Waals surface area (Å²) in [5.74, 6) is -2.83. The van der Waals surface area contributed by atoms with Crippen LogP contribution in [0.15, 0.2) is 36.4 Å². The molecule has 0 heterocycles. The maximum Gasteiger partial charge on any atom is 0.416 e. The standard InChI is InChI=1S/C26H25Cl2F3N2O4/c1-15(24(34)19(14-32)25(35)33-17-6-4-2-3-5-7-17)36-23-13-18(9-10-20(23)27)37-22-11-8-16(12-21(22)28)26(29,30)31/h8-13,15,17,19H,2-7H2,1H3,(H,33,35). The predicted molar refractivity (Wildman–Crippen MR) is 132 cm³/mol. The molecule has 37 heavy (non-hydrogen) atoms. The highest BCUT2D eigenvalue weighted by Gasteiger charge is 2.33. The van der Waals surface area contributed by atoms with Gasteiger partial charge in [-0.2, -0.15) is 18.4 Å². The molecule has 0 bridgehead atoms. The molecular weight excluding hydrogens is 532 g/mol. The number of alkyl halides is 3. The summed E-state index contributed by atoms with van der Waals surface area (Å²) in [5, 5.41) is 12.2. The van der Waals surface area contributed by atoms with E-state index < -0.39 is 35.5 Å². The van der Waals surface area contributed by atoms with Crippen molar-refractivity contribution in [2.45, 2.75) is 63.8 Å². The third-order valence-electron chi connectivity index (χ3n) is 5.97. The first-order valence-electron chi connectivity index (χ1n) is 11.7. The second-order valence-electron chi connectivity index (χ2n) is 8.76. The van der Waals surface area contributed by atoms with Crippen LogP contribution >= 0.6 is 23.2 Å². The van der Waals surface area contributed by atoms with Crippen LogP contribution in [0.3, 0.4) is 0 Å². The van der Waals surface area contributed by atoms with Crippen molar-refractivity contribution in [3.8, 4) is 23.3 Å². The van der Waals surface area contributed by atoms with Gasteiger partial charge in [-0.25, -0.2) is 0 Å². The maximum absolute atomic E-state index is 12.9. The number of nitrogens with one attached hydrogen (secondary N) is 1. The molecule has 2 aromatic rings. The Balaban J connectivity index is 1.69. The van der Waals surface area contributed by atoms with Crippen LogP contribution in [0.1, 0.15) is 51.0 Å². The van der Waals surface area contributed by atoms with E-state index in [9.17, 15) is 28.0 Å². The summed E-state index contributed by atoms with van der Waals surface area (Å²) in [4.78, 5) is 25.5. The van der Waals surface area contributed by atoms with Crippen molar-refractivity contribution in [2.75, 3.05) is 0 Å². The fourth-order valence-electron chi connectivity index (χ4n) is 3.97. The number of ketones is 1. The zero-order valence-electron chi connectivity index (χ0n) is 19.9. The normalized spacial score (nSPS) is 16.1. The number of carbonyl (C=O) groups is 2. The number of carbonyl (C=O) groups excluding carboxylic acids is 2. The molecule has 198 valence electrons. The van der Waals surface area contributed by atoms with Gasteiger partial charge < -0.3 is 14.8 Å². The van der Waals surface area contributed by atoms with Gasteiger partial charge in [0.15, 0.2) is 17.8 Å². The third kappa shape index (κ3) is 7.76. The zero-order chi connectivity index (χ0) is 27.2. The van der Waals surface area contributed by atoms with Gasteiger partial charge in [-0.05, 0) is 50.1 Å². The van der Waals surface area contributed by atoms with E-state index in [0.29, 0.717) is 0 Å². The largest absolute Gasteiger partial charge is 0.481 e. The summed E-state index contributed by atoms with van der Waals surface area (Å²) in [5.41, 5.74) is -0.924. The van der Waals surface area contributed by atoms with Gasteiger partial charge in [-0.3, -0.25) is 9.59 Å². The number of Topliss-reactive ketones (excluding diaryl/α,β-unsaturated/α-hetero) is 1. The van der Waals surface area contributed by atoms with Gasteiger partial charge in [0, 0.05) is 12.1 Å². The average molecular weight is 557 g/mol. The van der Waals surface area contributed by atoms with Gasteiger partial charge >= 0.3 is 6.18 Å². The van der Waals surface area contributed by atoms with E-state index in [2.05, 4.69) is 5.32 Å². The number of hydrogen-bond acceptors (Lipinski definition) is 5. The molecule has 3 rings (SSSR count). The van der Waals surface area contributed by atoms with Gasteiger partial charge in [0.25, 0.3) is 0 Å². The first kappa shape index (κ1) is 28.6. The van der Waals surface area contributed by atoms with Crippen molar-refractivity contribution in [3.05, 3.63) is 52.0 Å².